The number of benzene rings is 1. The van der Waals surface area contributed by atoms with Crippen LogP contribution in [-0.2, 0) is 21.4 Å². The van der Waals surface area contributed by atoms with Gasteiger partial charge in [0.05, 0.1) is 18.2 Å². The van der Waals surface area contributed by atoms with Gasteiger partial charge in [-0.3, -0.25) is 0 Å². The number of sulfonamides is 1. The van der Waals surface area contributed by atoms with Gasteiger partial charge in [-0.15, -0.1) is 0 Å². The van der Waals surface area contributed by atoms with Gasteiger partial charge < -0.3 is 9.84 Å². The zero-order chi connectivity index (χ0) is 15.2. The predicted octanol–water partition coefficient (Wildman–Crippen LogP) is 1.93. The van der Waals surface area contributed by atoms with Crippen LogP contribution < -0.4 is 4.72 Å². The second-order valence-electron chi connectivity index (χ2n) is 4.49. The van der Waals surface area contributed by atoms with Crippen LogP contribution in [0.25, 0.3) is 0 Å². The van der Waals surface area contributed by atoms with Crippen LogP contribution in [0.15, 0.2) is 23.1 Å². The molecule has 114 valence electrons. The number of nitrogens with one attached hydrogen (secondary N) is 1. The Labute approximate surface area is 125 Å². The van der Waals surface area contributed by atoms with Crippen LogP contribution in [0.3, 0.4) is 0 Å². The summed E-state index contributed by atoms with van der Waals surface area (Å²) >= 11 is 5.94. The number of aliphatic hydroxyl groups is 1. The molecule has 0 aromatic heterocycles. The Morgan fingerprint density at radius 3 is 2.70 bits per heavy atom. The second-order valence-corrected chi connectivity index (χ2v) is 6.57. The summed E-state index contributed by atoms with van der Waals surface area (Å²) < 4.78 is 32.3. The van der Waals surface area contributed by atoms with Crippen molar-refractivity contribution in [2.24, 2.45) is 0 Å². The van der Waals surface area contributed by atoms with E-state index in [0.717, 1.165) is 6.42 Å². The largest absolute Gasteiger partial charge is 0.392 e. The molecular formula is C13H20ClNO4S. The van der Waals surface area contributed by atoms with Gasteiger partial charge >= 0.3 is 0 Å². The molecule has 0 amide bonds. The SMILES string of the molecule is CCCC(COC)NS(=O)(=O)c1cc(CO)ccc1Cl. The number of halogens is 1. The maximum Gasteiger partial charge on any atom is 0.242 e. The number of methoxy groups -OCH3 is 1. The summed E-state index contributed by atoms with van der Waals surface area (Å²) in [5.74, 6) is 0. The lowest BCUT2D eigenvalue weighted by molar-refractivity contribution is 0.171. The van der Waals surface area contributed by atoms with E-state index in [0.29, 0.717) is 18.6 Å². The van der Waals surface area contributed by atoms with Gasteiger partial charge in [-0.2, -0.15) is 0 Å². The average molecular weight is 322 g/mol. The molecule has 0 saturated heterocycles. The smallest absolute Gasteiger partial charge is 0.242 e. The Bertz CT molecular complexity index is 527. The molecule has 1 rings (SSSR count). The normalized spacial score (nSPS) is 13.4. The first-order valence-electron chi connectivity index (χ1n) is 6.35. The number of hydrogen-bond donors (Lipinski definition) is 2. The Hall–Kier alpha value is -0.660. The highest BCUT2D eigenvalue weighted by atomic mass is 35.5. The summed E-state index contributed by atoms with van der Waals surface area (Å²) in [6, 6.07) is 4.12. The summed E-state index contributed by atoms with van der Waals surface area (Å²) in [6.07, 6.45) is 1.51. The molecule has 5 nitrogen and oxygen atoms in total. The molecule has 1 unspecified atom stereocenters. The van der Waals surface area contributed by atoms with Crippen molar-refractivity contribution < 1.29 is 18.3 Å². The van der Waals surface area contributed by atoms with E-state index < -0.39 is 10.0 Å². The fourth-order valence-electron chi connectivity index (χ4n) is 1.86. The van der Waals surface area contributed by atoms with Gasteiger partial charge in [-0.25, -0.2) is 13.1 Å². The van der Waals surface area contributed by atoms with Crippen molar-refractivity contribution in [1.82, 2.24) is 4.72 Å². The topological polar surface area (TPSA) is 75.6 Å². The Morgan fingerprint density at radius 1 is 1.45 bits per heavy atom. The minimum atomic E-state index is -3.74. The fraction of sp³-hybridized carbons (Fsp3) is 0.538. The van der Waals surface area contributed by atoms with Crippen molar-refractivity contribution in [3.05, 3.63) is 28.8 Å². The Balaban J connectivity index is 3.03. The van der Waals surface area contributed by atoms with Crippen LogP contribution in [0.5, 0.6) is 0 Å². The van der Waals surface area contributed by atoms with Crippen LogP contribution >= 0.6 is 11.6 Å². The molecule has 20 heavy (non-hydrogen) atoms. The highest BCUT2D eigenvalue weighted by Gasteiger charge is 2.22. The van der Waals surface area contributed by atoms with Crippen molar-refractivity contribution in [3.8, 4) is 0 Å². The molecule has 0 bridgehead atoms. The fourth-order valence-corrected chi connectivity index (χ4v) is 3.67. The minimum Gasteiger partial charge on any atom is -0.392 e. The Kier molecular flexibility index (Phi) is 6.91. The quantitative estimate of drug-likeness (QED) is 0.767. The van der Waals surface area contributed by atoms with Gasteiger partial charge in [-0.1, -0.05) is 31.0 Å². The van der Waals surface area contributed by atoms with E-state index in [1.165, 1.54) is 19.2 Å². The lowest BCUT2D eigenvalue weighted by atomic mass is 10.2. The summed E-state index contributed by atoms with van der Waals surface area (Å²) in [5, 5.41) is 9.22. The summed E-state index contributed by atoms with van der Waals surface area (Å²) in [7, 11) is -2.22. The predicted molar refractivity (Wildman–Crippen MR) is 78.3 cm³/mol. The third-order valence-corrected chi connectivity index (χ3v) is 4.80. The maximum absolute atomic E-state index is 12.3. The zero-order valence-electron chi connectivity index (χ0n) is 11.6. The van der Waals surface area contributed by atoms with E-state index in [4.69, 9.17) is 21.4 Å². The molecule has 0 saturated carbocycles. The van der Waals surface area contributed by atoms with Gasteiger partial charge in [0.25, 0.3) is 0 Å². The summed E-state index contributed by atoms with van der Waals surface area (Å²) in [4.78, 5) is -0.0251. The van der Waals surface area contributed by atoms with E-state index in [2.05, 4.69) is 4.72 Å². The first-order valence-corrected chi connectivity index (χ1v) is 8.21. The van der Waals surface area contributed by atoms with Crippen molar-refractivity contribution in [1.29, 1.82) is 0 Å². The minimum absolute atomic E-state index is 0.0251. The standard InChI is InChI=1S/C13H20ClNO4S/c1-3-4-11(9-19-2)15-20(17,18)13-7-10(8-16)5-6-12(13)14/h5-7,11,15-16H,3-4,8-9H2,1-2H3. The van der Waals surface area contributed by atoms with Crippen LogP contribution in [0.1, 0.15) is 25.3 Å². The van der Waals surface area contributed by atoms with Gasteiger partial charge in [0.15, 0.2) is 0 Å². The maximum atomic E-state index is 12.3. The van der Waals surface area contributed by atoms with Gasteiger partial charge in [0.2, 0.25) is 10.0 Å². The molecule has 0 heterocycles. The van der Waals surface area contributed by atoms with Gasteiger partial charge in [0.1, 0.15) is 4.90 Å². The zero-order valence-corrected chi connectivity index (χ0v) is 13.2. The molecule has 1 atom stereocenters. The van der Waals surface area contributed by atoms with Crippen molar-refractivity contribution >= 4 is 21.6 Å². The first-order chi connectivity index (χ1) is 9.44. The number of aliphatic hydroxyl groups excluding tert-OH is 1. The molecule has 0 aliphatic rings. The van der Waals surface area contributed by atoms with Crippen LogP contribution in [-0.4, -0.2) is 33.3 Å². The molecule has 7 heteroatoms. The van der Waals surface area contributed by atoms with E-state index in [-0.39, 0.29) is 22.6 Å². The highest BCUT2D eigenvalue weighted by molar-refractivity contribution is 7.89. The average Bonchev–Trinajstić information content (AvgIpc) is 2.39. The molecular weight excluding hydrogens is 302 g/mol. The van der Waals surface area contributed by atoms with Gasteiger partial charge in [0, 0.05) is 13.2 Å². The van der Waals surface area contributed by atoms with Crippen LogP contribution in [0.4, 0.5) is 0 Å². The summed E-state index contributed by atoms with van der Waals surface area (Å²) in [5.41, 5.74) is 0.494. The van der Waals surface area contributed by atoms with E-state index in [1.807, 2.05) is 6.92 Å². The molecule has 0 aliphatic carbocycles. The lowest BCUT2D eigenvalue weighted by Gasteiger charge is -2.18. The van der Waals surface area contributed by atoms with E-state index in [9.17, 15) is 8.42 Å². The number of ether oxygens (including phenoxy) is 1. The molecule has 2 N–H and O–H groups in total. The molecule has 1 aromatic rings. The third-order valence-electron chi connectivity index (χ3n) is 2.79. The van der Waals surface area contributed by atoms with Crippen molar-refractivity contribution in [2.75, 3.05) is 13.7 Å². The highest BCUT2D eigenvalue weighted by Crippen LogP contribution is 2.23. The van der Waals surface area contributed by atoms with Crippen LogP contribution in [0.2, 0.25) is 5.02 Å². The van der Waals surface area contributed by atoms with Crippen LogP contribution in [0, 0.1) is 0 Å². The van der Waals surface area contributed by atoms with Crippen molar-refractivity contribution in [3.63, 3.8) is 0 Å². The lowest BCUT2D eigenvalue weighted by Crippen LogP contribution is -2.38. The molecule has 1 aromatic carbocycles. The summed E-state index contributed by atoms with van der Waals surface area (Å²) in [6.45, 7) is 2.02. The second kappa shape index (κ2) is 7.95. The third kappa shape index (κ3) is 4.71. The van der Waals surface area contributed by atoms with Gasteiger partial charge in [-0.05, 0) is 24.1 Å². The van der Waals surface area contributed by atoms with E-state index >= 15 is 0 Å². The number of rotatable bonds is 8. The molecule has 0 spiro atoms. The molecule has 0 fully saturated rings. The first kappa shape index (κ1) is 17.4. The number of hydrogen-bond acceptors (Lipinski definition) is 4. The monoisotopic (exact) mass is 321 g/mol. The molecule has 0 aliphatic heterocycles. The van der Waals surface area contributed by atoms with E-state index in [1.54, 1.807) is 6.07 Å². The Morgan fingerprint density at radius 2 is 2.15 bits per heavy atom. The van der Waals surface area contributed by atoms with Crippen molar-refractivity contribution in [2.45, 2.75) is 37.3 Å². The molecule has 0 radical (unpaired) electrons.